The number of methoxy groups -OCH3 is 1. The molecule has 0 bridgehead atoms. The van der Waals surface area contributed by atoms with E-state index in [4.69, 9.17) is 4.74 Å². The Morgan fingerprint density at radius 1 is 1.17 bits per heavy atom. The maximum atomic E-state index is 13.7. The van der Waals surface area contributed by atoms with Gasteiger partial charge in [0, 0.05) is 25.0 Å². The van der Waals surface area contributed by atoms with Gasteiger partial charge in [-0.3, -0.25) is 9.48 Å². The number of rotatable bonds is 6. The fourth-order valence-corrected chi connectivity index (χ4v) is 4.33. The summed E-state index contributed by atoms with van der Waals surface area (Å²) in [7, 11) is 3.37. The first-order valence-corrected chi connectivity index (χ1v) is 11.4. The van der Waals surface area contributed by atoms with Crippen LogP contribution >= 0.6 is 13.5 Å². The van der Waals surface area contributed by atoms with Crippen LogP contribution < -0.4 is 20.3 Å². The molecule has 1 atom stereocenters. The quantitative estimate of drug-likeness (QED) is 0.401. The minimum Gasteiger partial charge on any atom is -0.494 e. The molecule has 0 radical (unpaired) electrons. The first-order chi connectivity index (χ1) is 16.8. The van der Waals surface area contributed by atoms with Crippen molar-refractivity contribution in [3.63, 3.8) is 0 Å². The molecule has 4 aromatic rings. The third-order valence-electron chi connectivity index (χ3n) is 6.50. The highest BCUT2D eigenvalue weighted by atomic mass is 32.1. The fraction of sp³-hybridized carbons (Fsp3) is 0.269. The van der Waals surface area contributed by atoms with Crippen LogP contribution in [0.4, 0.5) is 21.6 Å². The number of benzene rings is 2. The fourth-order valence-electron chi connectivity index (χ4n) is 4.33. The van der Waals surface area contributed by atoms with Crippen molar-refractivity contribution in [1.82, 2.24) is 14.8 Å². The summed E-state index contributed by atoms with van der Waals surface area (Å²) in [5, 5.41) is 11.9. The van der Waals surface area contributed by atoms with Gasteiger partial charge in [0.15, 0.2) is 11.6 Å². The van der Waals surface area contributed by atoms with E-state index >= 15 is 0 Å². The van der Waals surface area contributed by atoms with Crippen LogP contribution in [-0.4, -0.2) is 40.9 Å². The lowest BCUT2D eigenvalue weighted by molar-refractivity contribution is -0.117. The average Bonchev–Trinajstić information content (AvgIpc) is 3.25. The van der Waals surface area contributed by atoms with Crippen molar-refractivity contribution in [2.45, 2.75) is 33.0 Å². The Labute approximate surface area is 215 Å². The molecular weight excluding hydrogens is 479 g/mol. The van der Waals surface area contributed by atoms with Gasteiger partial charge < -0.3 is 20.3 Å². The van der Waals surface area contributed by atoms with Gasteiger partial charge in [-0.2, -0.15) is 18.6 Å². The van der Waals surface area contributed by atoms with Crippen molar-refractivity contribution in [3.8, 4) is 5.75 Å². The van der Waals surface area contributed by atoms with Gasteiger partial charge in [0.25, 0.3) is 0 Å². The first kappa shape index (κ1) is 25.3. The number of nitrogens with one attached hydrogen (secondary N) is 2. The van der Waals surface area contributed by atoms with Gasteiger partial charge in [0.2, 0.25) is 5.91 Å². The van der Waals surface area contributed by atoms with Crippen LogP contribution in [0, 0.1) is 12.7 Å². The maximum absolute atomic E-state index is 13.7. The van der Waals surface area contributed by atoms with Crippen molar-refractivity contribution in [1.29, 1.82) is 0 Å². The smallest absolute Gasteiger partial charge is 0.246 e. The second-order valence-corrected chi connectivity index (χ2v) is 8.78. The molecule has 8 nitrogen and oxygen atoms in total. The molecule has 0 saturated heterocycles. The summed E-state index contributed by atoms with van der Waals surface area (Å²) in [5.41, 5.74) is 5.46. The zero-order valence-corrected chi connectivity index (χ0v) is 21.6. The number of aryl methyl sites for hydroxylation is 1. The van der Waals surface area contributed by atoms with Crippen molar-refractivity contribution in [2.24, 2.45) is 0 Å². The van der Waals surface area contributed by atoms with Gasteiger partial charge in [-0.1, -0.05) is 12.1 Å². The second-order valence-electron chi connectivity index (χ2n) is 8.78. The summed E-state index contributed by atoms with van der Waals surface area (Å²) >= 11 is 0. The number of nitrogens with zero attached hydrogens (tertiary/aromatic N) is 4. The van der Waals surface area contributed by atoms with Crippen molar-refractivity contribution >= 4 is 47.5 Å². The van der Waals surface area contributed by atoms with Crippen molar-refractivity contribution < 1.29 is 13.9 Å². The van der Waals surface area contributed by atoms with Crippen molar-refractivity contribution in [3.05, 3.63) is 71.3 Å². The van der Waals surface area contributed by atoms with E-state index in [9.17, 15) is 9.18 Å². The highest BCUT2D eigenvalue weighted by Gasteiger charge is 2.28. The van der Waals surface area contributed by atoms with Crippen LogP contribution in [0.15, 0.2) is 48.7 Å². The van der Waals surface area contributed by atoms with E-state index in [-0.39, 0.29) is 37.0 Å². The van der Waals surface area contributed by atoms with Gasteiger partial charge >= 0.3 is 0 Å². The molecule has 1 aliphatic heterocycles. The molecule has 2 N–H and O–H groups in total. The van der Waals surface area contributed by atoms with Gasteiger partial charge in [0.05, 0.1) is 42.4 Å². The Bertz CT molecular complexity index is 1440. The first-order valence-electron chi connectivity index (χ1n) is 11.4. The number of carbonyl (C=O) groups is 1. The lowest BCUT2D eigenvalue weighted by atomic mass is 10.1. The SMILES string of the molecule is COc1cc(Cn2ncc3cc(CNc4cc5c(c(C)n4)NC(=O)[C@H](C)N5C)ccc32)ccc1F.S. The Morgan fingerprint density at radius 2 is 1.94 bits per heavy atom. The predicted molar refractivity (Wildman–Crippen MR) is 145 cm³/mol. The molecule has 3 heterocycles. The number of carbonyl (C=O) groups excluding carboxylic acids is 1. The molecular formula is C26H29FN6O2S. The van der Waals surface area contributed by atoms with Gasteiger partial charge in [-0.05, 0) is 49.2 Å². The second kappa shape index (κ2) is 10.1. The lowest BCUT2D eigenvalue weighted by Crippen LogP contribution is -2.44. The van der Waals surface area contributed by atoms with Crippen LogP contribution in [-0.2, 0) is 17.9 Å². The molecule has 0 fully saturated rings. The number of likely N-dealkylation sites (N-methyl/N-ethyl adjacent to an activating group) is 1. The number of fused-ring (bicyclic) bond motifs is 2. The summed E-state index contributed by atoms with van der Waals surface area (Å²) in [6.07, 6.45) is 1.83. The average molecular weight is 509 g/mol. The summed E-state index contributed by atoms with van der Waals surface area (Å²) in [6.45, 7) is 4.88. The molecule has 0 unspecified atom stereocenters. The third-order valence-corrected chi connectivity index (χ3v) is 6.50. The van der Waals surface area contributed by atoms with Crippen LogP contribution in [0.5, 0.6) is 5.75 Å². The molecule has 0 aliphatic carbocycles. The van der Waals surface area contributed by atoms with E-state index < -0.39 is 0 Å². The number of anilines is 3. The molecule has 0 saturated carbocycles. The number of halogens is 1. The number of amides is 1. The number of hydrogen-bond donors (Lipinski definition) is 2. The molecule has 10 heteroatoms. The van der Waals surface area contributed by atoms with Crippen LogP contribution in [0.3, 0.4) is 0 Å². The zero-order valence-electron chi connectivity index (χ0n) is 20.6. The molecule has 5 rings (SSSR count). The summed E-state index contributed by atoms with van der Waals surface area (Å²) < 4.78 is 20.7. The molecule has 1 amide bonds. The number of aromatic nitrogens is 3. The van der Waals surface area contributed by atoms with E-state index in [0.717, 1.165) is 44.9 Å². The molecule has 36 heavy (non-hydrogen) atoms. The topological polar surface area (TPSA) is 84.3 Å². The van der Waals surface area contributed by atoms with E-state index in [1.807, 2.05) is 48.8 Å². The van der Waals surface area contributed by atoms with E-state index in [1.54, 1.807) is 12.1 Å². The lowest BCUT2D eigenvalue weighted by Gasteiger charge is -2.34. The molecule has 1 aliphatic rings. The van der Waals surface area contributed by atoms with Gasteiger partial charge in [0.1, 0.15) is 11.9 Å². The normalized spacial score (nSPS) is 14.8. The molecule has 2 aromatic heterocycles. The van der Waals surface area contributed by atoms with Crippen LogP contribution in [0.25, 0.3) is 10.9 Å². The van der Waals surface area contributed by atoms with E-state index in [1.165, 1.54) is 13.2 Å². The van der Waals surface area contributed by atoms with Crippen molar-refractivity contribution in [2.75, 3.05) is 29.7 Å². The largest absolute Gasteiger partial charge is 0.494 e. The Kier molecular flexibility index (Phi) is 7.07. The van der Waals surface area contributed by atoms with Crippen LogP contribution in [0.1, 0.15) is 23.7 Å². The highest BCUT2D eigenvalue weighted by molar-refractivity contribution is 7.59. The minimum atomic E-state index is -0.381. The Hall–Kier alpha value is -3.79. The number of hydrogen-bond acceptors (Lipinski definition) is 6. The Morgan fingerprint density at radius 3 is 2.72 bits per heavy atom. The monoisotopic (exact) mass is 508 g/mol. The van der Waals surface area contributed by atoms with Gasteiger partial charge in [-0.15, -0.1) is 0 Å². The molecule has 0 spiro atoms. The zero-order chi connectivity index (χ0) is 24.7. The van der Waals surface area contributed by atoms with E-state index in [0.29, 0.717) is 13.1 Å². The molecule has 188 valence electrons. The van der Waals surface area contributed by atoms with Gasteiger partial charge in [-0.25, -0.2) is 9.37 Å². The highest BCUT2D eigenvalue weighted by Crippen LogP contribution is 2.35. The van der Waals surface area contributed by atoms with E-state index in [2.05, 4.69) is 32.8 Å². The predicted octanol–water partition coefficient (Wildman–Crippen LogP) is 4.44. The minimum absolute atomic E-state index is 0. The number of ether oxygens (including phenoxy) is 1. The maximum Gasteiger partial charge on any atom is 0.246 e. The third kappa shape index (κ3) is 4.68. The number of pyridine rings is 1. The Balaban J connectivity index is 0.00000304. The summed E-state index contributed by atoms with van der Waals surface area (Å²) in [6, 6.07) is 12.7. The van der Waals surface area contributed by atoms with Crippen LogP contribution in [0.2, 0.25) is 0 Å². The summed E-state index contributed by atoms with van der Waals surface area (Å²) in [4.78, 5) is 18.7. The standard InChI is InChI=1S/C26H27FN6O2.H2S/c1-15-25-22(32(3)16(2)26(34)31-25)11-24(30-15)28-12-17-6-8-21-19(9-17)13-29-33(21)14-18-5-7-20(27)23(10-18)35-4;/h5-11,13,16H,12,14H2,1-4H3,(H,28,30)(H,31,34);1H2/t16-;/m0./s1. The molecule has 2 aromatic carbocycles. The summed E-state index contributed by atoms with van der Waals surface area (Å²) in [5.74, 6) is 0.560.